The molecule has 3 N–H and O–H groups in total. The average molecular weight is 394 g/mol. The maximum Gasteiger partial charge on any atom is 0.251 e. The second-order valence-electron chi connectivity index (χ2n) is 8.30. The summed E-state index contributed by atoms with van der Waals surface area (Å²) in [7, 11) is -3.52. The van der Waals surface area contributed by atoms with Crippen LogP contribution in [0, 0.1) is 17.8 Å². The lowest BCUT2D eigenvalue weighted by Crippen LogP contribution is -2.42. The van der Waals surface area contributed by atoms with Gasteiger partial charge in [0, 0.05) is 24.7 Å². The van der Waals surface area contributed by atoms with Crippen LogP contribution in [0.15, 0.2) is 29.2 Å². The SMILES string of the molecule is CC1CC(C)CN(S(=O)(=O)c2ccc(C(=O)NC3CCCC3CN)cc2)C1. The molecule has 0 radical (unpaired) electrons. The Kier molecular flexibility index (Phi) is 6.23. The molecule has 2 fully saturated rings. The van der Waals surface area contributed by atoms with Crippen LogP contribution in [-0.4, -0.2) is 44.3 Å². The Balaban J connectivity index is 1.70. The lowest BCUT2D eigenvalue weighted by atomic mass is 9.94. The van der Waals surface area contributed by atoms with E-state index in [1.807, 2.05) is 0 Å². The summed E-state index contributed by atoms with van der Waals surface area (Å²) in [4.78, 5) is 12.7. The Hall–Kier alpha value is -1.44. The third-order valence-electron chi connectivity index (χ3n) is 5.87. The van der Waals surface area contributed by atoms with Crippen molar-refractivity contribution < 1.29 is 13.2 Å². The number of rotatable bonds is 5. The number of hydrogen-bond donors (Lipinski definition) is 2. The van der Waals surface area contributed by atoms with E-state index in [0.29, 0.717) is 43.0 Å². The number of nitrogens with two attached hydrogens (primary N) is 1. The molecule has 7 heteroatoms. The summed E-state index contributed by atoms with van der Waals surface area (Å²) >= 11 is 0. The van der Waals surface area contributed by atoms with Crippen molar-refractivity contribution in [1.82, 2.24) is 9.62 Å². The van der Waals surface area contributed by atoms with Crippen molar-refractivity contribution in [3.63, 3.8) is 0 Å². The minimum Gasteiger partial charge on any atom is -0.349 e. The Labute approximate surface area is 162 Å². The largest absolute Gasteiger partial charge is 0.349 e. The van der Waals surface area contributed by atoms with Crippen molar-refractivity contribution in [2.75, 3.05) is 19.6 Å². The third kappa shape index (κ3) is 4.52. The van der Waals surface area contributed by atoms with Gasteiger partial charge in [-0.2, -0.15) is 4.31 Å². The molecule has 2 aliphatic rings. The van der Waals surface area contributed by atoms with Gasteiger partial charge in [0.05, 0.1) is 4.90 Å². The highest BCUT2D eigenvalue weighted by Crippen LogP contribution is 2.27. The lowest BCUT2D eigenvalue weighted by molar-refractivity contribution is 0.0928. The maximum atomic E-state index is 12.9. The Morgan fingerprint density at radius 3 is 2.37 bits per heavy atom. The summed E-state index contributed by atoms with van der Waals surface area (Å²) in [6, 6.07) is 6.41. The van der Waals surface area contributed by atoms with E-state index in [9.17, 15) is 13.2 Å². The van der Waals surface area contributed by atoms with E-state index in [1.54, 1.807) is 28.6 Å². The zero-order chi connectivity index (χ0) is 19.6. The smallest absolute Gasteiger partial charge is 0.251 e. The lowest BCUT2D eigenvalue weighted by Gasteiger charge is -2.34. The van der Waals surface area contributed by atoms with Crippen LogP contribution < -0.4 is 11.1 Å². The molecule has 0 spiro atoms. The fraction of sp³-hybridized carbons (Fsp3) is 0.650. The Morgan fingerprint density at radius 2 is 1.78 bits per heavy atom. The molecule has 3 rings (SSSR count). The molecule has 4 atom stereocenters. The summed E-state index contributed by atoms with van der Waals surface area (Å²) in [6.07, 6.45) is 4.13. The minimum atomic E-state index is -3.52. The molecule has 1 saturated heterocycles. The summed E-state index contributed by atoms with van der Waals surface area (Å²) < 4.78 is 27.4. The highest BCUT2D eigenvalue weighted by molar-refractivity contribution is 7.89. The van der Waals surface area contributed by atoms with Gasteiger partial charge in [-0.15, -0.1) is 0 Å². The molecule has 1 amide bonds. The van der Waals surface area contributed by atoms with E-state index in [1.165, 1.54) is 0 Å². The molecule has 1 aliphatic heterocycles. The number of piperidine rings is 1. The molecule has 150 valence electrons. The molecule has 1 aliphatic carbocycles. The van der Waals surface area contributed by atoms with Crippen LogP contribution >= 0.6 is 0 Å². The number of carbonyl (C=O) groups is 1. The molecular weight excluding hydrogens is 362 g/mol. The first-order chi connectivity index (χ1) is 12.8. The number of benzene rings is 1. The molecule has 1 saturated carbocycles. The van der Waals surface area contributed by atoms with Crippen LogP contribution in [0.1, 0.15) is 49.9 Å². The molecule has 0 bridgehead atoms. The van der Waals surface area contributed by atoms with Crippen LogP contribution in [0.25, 0.3) is 0 Å². The second kappa shape index (κ2) is 8.29. The number of sulfonamides is 1. The first kappa shape index (κ1) is 20.3. The van der Waals surface area contributed by atoms with Gasteiger partial charge in [0.2, 0.25) is 10.0 Å². The van der Waals surface area contributed by atoms with Crippen LogP contribution in [0.4, 0.5) is 0 Å². The van der Waals surface area contributed by atoms with Gasteiger partial charge in [-0.3, -0.25) is 4.79 Å². The monoisotopic (exact) mass is 393 g/mol. The fourth-order valence-electron chi connectivity index (χ4n) is 4.49. The van der Waals surface area contributed by atoms with E-state index < -0.39 is 10.0 Å². The number of hydrogen-bond acceptors (Lipinski definition) is 4. The first-order valence-electron chi connectivity index (χ1n) is 9.92. The normalized spacial score (nSPS) is 29.6. The first-order valence-corrected chi connectivity index (χ1v) is 11.4. The molecule has 6 nitrogen and oxygen atoms in total. The van der Waals surface area contributed by atoms with Crippen LogP contribution in [-0.2, 0) is 10.0 Å². The summed E-state index contributed by atoms with van der Waals surface area (Å²) in [5, 5.41) is 3.05. The van der Waals surface area contributed by atoms with Crippen molar-refractivity contribution in [3.8, 4) is 0 Å². The molecule has 4 unspecified atom stereocenters. The number of nitrogens with zero attached hydrogens (tertiary/aromatic N) is 1. The highest BCUT2D eigenvalue weighted by atomic mass is 32.2. The highest BCUT2D eigenvalue weighted by Gasteiger charge is 2.32. The van der Waals surface area contributed by atoms with Gasteiger partial charge in [0.1, 0.15) is 0 Å². The topological polar surface area (TPSA) is 92.5 Å². The molecule has 27 heavy (non-hydrogen) atoms. The average Bonchev–Trinajstić information content (AvgIpc) is 3.08. The van der Waals surface area contributed by atoms with E-state index in [0.717, 1.165) is 25.7 Å². The molecule has 0 aromatic heterocycles. The van der Waals surface area contributed by atoms with Gasteiger partial charge in [0.25, 0.3) is 5.91 Å². The standard InChI is InChI=1S/C20H31N3O3S/c1-14-10-15(2)13-23(12-14)27(25,26)18-8-6-16(7-9-18)20(24)22-19-5-3-4-17(19)11-21/h6-9,14-15,17,19H,3-5,10-13,21H2,1-2H3,(H,22,24). The number of amides is 1. The Bertz CT molecular complexity index is 753. The van der Waals surface area contributed by atoms with Crippen LogP contribution in [0.5, 0.6) is 0 Å². The minimum absolute atomic E-state index is 0.113. The van der Waals surface area contributed by atoms with E-state index in [-0.39, 0.29) is 16.8 Å². The predicted molar refractivity (Wildman–Crippen MR) is 106 cm³/mol. The second-order valence-corrected chi connectivity index (χ2v) is 10.2. The number of nitrogens with one attached hydrogen (secondary N) is 1. The van der Waals surface area contributed by atoms with E-state index in [2.05, 4.69) is 19.2 Å². The van der Waals surface area contributed by atoms with Crippen molar-refractivity contribution in [1.29, 1.82) is 0 Å². The van der Waals surface area contributed by atoms with Crippen molar-refractivity contribution in [2.45, 2.75) is 50.5 Å². The third-order valence-corrected chi connectivity index (χ3v) is 7.71. The molecule has 1 aromatic rings. The molecule has 1 heterocycles. The van der Waals surface area contributed by atoms with Crippen molar-refractivity contribution >= 4 is 15.9 Å². The summed E-state index contributed by atoms with van der Waals surface area (Å²) in [6.45, 7) is 5.86. The van der Waals surface area contributed by atoms with Crippen molar-refractivity contribution in [3.05, 3.63) is 29.8 Å². The van der Waals surface area contributed by atoms with Gasteiger partial charge in [0.15, 0.2) is 0 Å². The van der Waals surface area contributed by atoms with Crippen molar-refractivity contribution in [2.24, 2.45) is 23.5 Å². The molecular formula is C20H31N3O3S. The van der Waals surface area contributed by atoms with Crippen LogP contribution in [0.2, 0.25) is 0 Å². The summed E-state index contributed by atoms with van der Waals surface area (Å²) in [5.74, 6) is 0.882. The quantitative estimate of drug-likeness (QED) is 0.802. The molecule has 1 aromatic carbocycles. The van der Waals surface area contributed by atoms with Gasteiger partial charge in [-0.05, 0) is 67.8 Å². The van der Waals surface area contributed by atoms with Gasteiger partial charge >= 0.3 is 0 Å². The van der Waals surface area contributed by atoms with Crippen LogP contribution in [0.3, 0.4) is 0 Å². The number of carbonyl (C=O) groups excluding carboxylic acids is 1. The van der Waals surface area contributed by atoms with E-state index >= 15 is 0 Å². The maximum absolute atomic E-state index is 12.9. The summed E-state index contributed by atoms with van der Waals surface area (Å²) in [5.41, 5.74) is 6.26. The zero-order valence-corrected chi connectivity index (χ0v) is 17.0. The van der Waals surface area contributed by atoms with Gasteiger partial charge in [-0.25, -0.2) is 8.42 Å². The van der Waals surface area contributed by atoms with Gasteiger partial charge < -0.3 is 11.1 Å². The van der Waals surface area contributed by atoms with Gasteiger partial charge in [-0.1, -0.05) is 20.3 Å². The van der Waals surface area contributed by atoms with E-state index in [4.69, 9.17) is 5.73 Å². The fourth-order valence-corrected chi connectivity index (χ4v) is 6.17. The Morgan fingerprint density at radius 1 is 1.15 bits per heavy atom. The predicted octanol–water partition coefficient (Wildman–Crippen LogP) is 2.21. The zero-order valence-electron chi connectivity index (χ0n) is 16.2.